The fourth-order valence-electron chi connectivity index (χ4n) is 1.86. The molecule has 2 unspecified atom stereocenters. The predicted octanol–water partition coefficient (Wildman–Crippen LogP) is -1.77. The molecule has 2 atom stereocenters. The van der Waals surface area contributed by atoms with Crippen molar-refractivity contribution in [3.63, 3.8) is 0 Å². The Labute approximate surface area is 129 Å². The molecule has 0 aliphatic carbocycles. The van der Waals surface area contributed by atoms with Gasteiger partial charge in [0.05, 0.1) is 55.5 Å². The number of nitrogens with one attached hydrogen (secondary N) is 2. The van der Waals surface area contributed by atoms with E-state index >= 15 is 0 Å². The summed E-state index contributed by atoms with van der Waals surface area (Å²) in [6, 6.07) is 0. The first-order valence-electron chi connectivity index (χ1n) is 7.51. The minimum atomic E-state index is -0.516. The van der Waals surface area contributed by atoms with Gasteiger partial charge in [-0.2, -0.15) is 0 Å². The monoisotopic (exact) mass is 308 g/mol. The molecule has 7 nitrogen and oxygen atoms in total. The molecule has 4 N–H and O–H groups in total. The van der Waals surface area contributed by atoms with Gasteiger partial charge in [-0.05, 0) is 0 Å². The van der Waals surface area contributed by atoms with E-state index < -0.39 is 12.5 Å². The fourth-order valence-corrected chi connectivity index (χ4v) is 1.86. The summed E-state index contributed by atoms with van der Waals surface area (Å²) in [4.78, 5) is 0. The van der Waals surface area contributed by atoms with Gasteiger partial charge in [0.1, 0.15) is 13.1 Å². The Morgan fingerprint density at radius 3 is 1.38 bits per heavy atom. The Hall–Kier alpha value is -0.280. The van der Waals surface area contributed by atoms with Crippen LogP contribution in [0.3, 0.4) is 0 Å². The molecule has 0 spiro atoms. The number of hydrogen-bond acceptors (Lipinski definition) is 5. The molecule has 0 aliphatic rings. The minimum Gasteiger partial charge on any atom is -0.379 e. The standard InChI is InChI=1S/C14H36N4O3/c1-17(2,3)11-13(19)15-7-9-21-10-8-16-14(20)12-18(4,5)6/h13-16,19-20H,7-12H2,1-6H3/q+2. The van der Waals surface area contributed by atoms with Crippen LogP contribution in [0.2, 0.25) is 0 Å². The van der Waals surface area contributed by atoms with Crippen LogP contribution in [0.15, 0.2) is 0 Å². The molecule has 0 fully saturated rings. The molecule has 0 radical (unpaired) electrons. The third-order valence-electron chi connectivity index (χ3n) is 2.69. The lowest BCUT2D eigenvalue weighted by atomic mass is 10.4. The Kier molecular flexibility index (Phi) is 9.55. The zero-order valence-corrected chi connectivity index (χ0v) is 14.6. The van der Waals surface area contributed by atoms with Gasteiger partial charge in [0.15, 0.2) is 12.5 Å². The lowest BCUT2D eigenvalue weighted by Crippen LogP contribution is -2.48. The molecule has 0 saturated carbocycles. The maximum absolute atomic E-state index is 9.74. The molecular weight excluding hydrogens is 272 g/mol. The van der Waals surface area contributed by atoms with Crippen LogP contribution in [0.25, 0.3) is 0 Å². The number of aliphatic hydroxyl groups is 2. The molecule has 0 heterocycles. The Balaban J connectivity index is 3.45. The van der Waals surface area contributed by atoms with Crippen LogP contribution >= 0.6 is 0 Å². The SMILES string of the molecule is C[N+](C)(C)CC(O)NCCOCCNC(O)C[N+](C)(C)C. The number of ether oxygens (including phenoxy) is 1. The second-order valence-electron chi connectivity index (χ2n) is 7.50. The highest BCUT2D eigenvalue weighted by Gasteiger charge is 2.15. The van der Waals surface area contributed by atoms with Crippen LogP contribution in [-0.2, 0) is 4.74 Å². The third kappa shape index (κ3) is 15.9. The molecule has 0 rings (SSSR count). The molecule has 7 heteroatoms. The number of nitrogens with zero attached hydrogens (tertiary/aromatic N) is 2. The highest BCUT2D eigenvalue weighted by molar-refractivity contribution is 4.53. The normalized spacial score (nSPS) is 16.0. The summed E-state index contributed by atoms with van der Waals surface area (Å²) in [7, 11) is 12.2. The zero-order valence-electron chi connectivity index (χ0n) is 14.6. The van der Waals surface area contributed by atoms with Gasteiger partial charge >= 0.3 is 0 Å². The summed E-state index contributed by atoms with van der Waals surface area (Å²) in [5, 5.41) is 25.5. The molecule has 21 heavy (non-hydrogen) atoms. The van der Waals surface area contributed by atoms with E-state index in [2.05, 4.69) is 10.6 Å². The second-order valence-corrected chi connectivity index (χ2v) is 7.50. The van der Waals surface area contributed by atoms with Crippen molar-refractivity contribution in [2.75, 3.05) is 81.7 Å². The molecule has 0 bridgehead atoms. The zero-order chi connectivity index (χ0) is 16.5. The average molecular weight is 308 g/mol. The molecule has 128 valence electrons. The van der Waals surface area contributed by atoms with Gasteiger partial charge in [-0.1, -0.05) is 0 Å². The van der Waals surface area contributed by atoms with Gasteiger partial charge in [0.25, 0.3) is 0 Å². The molecular formula is C14H36N4O3+2. The van der Waals surface area contributed by atoms with E-state index in [0.717, 1.165) is 0 Å². The highest BCUT2D eigenvalue weighted by atomic mass is 16.5. The summed E-state index contributed by atoms with van der Waals surface area (Å²) in [6.45, 7) is 3.62. The maximum atomic E-state index is 9.74. The van der Waals surface area contributed by atoms with Crippen molar-refractivity contribution >= 4 is 0 Å². The van der Waals surface area contributed by atoms with Crippen LogP contribution in [0.5, 0.6) is 0 Å². The van der Waals surface area contributed by atoms with E-state index in [4.69, 9.17) is 4.74 Å². The molecule has 0 aliphatic heterocycles. The number of quaternary nitrogens is 2. The van der Waals surface area contributed by atoms with E-state index in [1.165, 1.54) is 0 Å². The average Bonchev–Trinajstić information content (AvgIpc) is 2.22. The molecule has 0 amide bonds. The maximum Gasteiger partial charge on any atom is 0.154 e. The van der Waals surface area contributed by atoms with Gasteiger partial charge in [0, 0.05) is 13.1 Å². The first-order chi connectivity index (χ1) is 9.49. The Morgan fingerprint density at radius 2 is 1.10 bits per heavy atom. The van der Waals surface area contributed by atoms with Gasteiger partial charge in [-0.3, -0.25) is 10.6 Å². The van der Waals surface area contributed by atoms with Gasteiger partial charge in [0.2, 0.25) is 0 Å². The summed E-state index contributed by atoms with van der Waals surface area (Å²) in [5.41, 5.74) is 0. The van der Waals surface area contributed by atoms with Crippen LogP contribution in [0.4, 0.5) is 0 Å². The van der Waals surface area contributed by atoms with Crippen molar-refractivity contribution in [1.29, 1.82) is 0 Å². The van der Waals surface area contributed by atoms with Gasteiger partial charge in [-0.15, -0.1) is 0 Å². The van der Waals surface area contributed by atoms with E-state index in [0.29, 0.717) is 48.4 Å². The number of hydrogen-bond donors (Lipinski definition) is 4. The van der Waals surface area contributed by atoms with Crippen molar-refractivity contribution in [3.8, 4) is 0 Å². The van der Waals surface area contributed by atoms with E-state index in [9.17, 15) is 10.2 Å². The van der Waals surface area contributed by atoms with Crippen LogP contribution in [-0.4, -0.2) is 113 Å². The van der Waals surface area contributed by atoms with E-state index in [1.807, 2.05) is 42.3 Å². The van der Waals surface area contributed by atoms with E-state index in [1.54, 1.807) is 0 Å². The van der Waals surface area contributed by atoms with Crippen LogP contribution in [0, 0.1) is 0 Å². The summed E-state index contributed by atoms with van der Waals surface area (Å²) in [6.07, 6.45) is -1.03. The van der Waals surface area contributed by atoms with Crippen molar-refractivity contribution in [2.24, 2.45) is 0 Å². The lowest BCUT2D eigenvalue weighted by Gasteiger charge is -2.27. The summed E-state index contributed by atoms with van der Waals surface area (Å²) >= 11 is 0. The summed E-state index contributed by atoms with van der Waals surface area (Å²) in [5.74, 6) is 0. The number of rotatable bonds is 12. The smallest absolute Gasteiger partial charge is 0.154 e. The fraction of sp³-hybridized carbons (Fsp3) is 1.00. The summed E-state index contributed by atoms with van der Waals surface area (Å²) < 4.78 is 6.86. The Morgan fingerprint density at radius 1 is 0.762 bits per heavy atom. The highest BCUT2D eigenvalue weighted by Crippen LogP contribution is 1.92. The minimum absolute atomic E-state index is 0.516. The third-order valence-corrected chi connectivity index (χ3v) is 2.69. The van der Waals surface area contributed by atoms with Crippen LogP contribution < -0.4 is 10.6 Å². The predicted molar refractivity (Wildman–Crippen MR) is 84.6 cm³/mol. The quantitative estimate of drug-likeness (QED) is 0.195. The largest absolute Gasteiger partial charge is 0.379 e. The first kappa shape index (κ1) is 20.7. The van der Waals surface area contributed by atoms with Crippen molar-refractivity contribution in [2.45, 2.75) is 12.5 Å². The molecule has 0 aromatic heterocycles. The number of aliphatic hydroxyl groups excluding tert-OH is 2. The molecule has 0 aromatic carbocycles. The van der Waals surface area contributed by atoms with Gasteiger partial charge in [-0.25, -0.2) is 0 Å². The van der Waals surface area contributed by atoms with Crippen molar-refractivity contribution < 1.29 is 23.9 Å². The first-order valence-corrected chi connectivity index (χ1v) is 7.51. The van der Waals surface area contributed by atoms with Crippen LogP contribution in [0.1, 0.15) is 0 Å². The number of likely N-dealkylation sites (N-methyl/N-ethyl adjacent to an activating group) is 2. The topological polar surface area (TPSA) is 73.8 Å². The molecule has 0 aromatic rings. The Bertz CT molecular complexity index is 238. The van der Waals surface area contributed by atoms with Crippen molar-refractivity contribution in [1.82, 2.24) is 10.6 Å². The van der Waals surface area contributed by atoms with Gasteiger partial charge < -0.3 is 23.9 Å². The second kappa shape index (κ2) is 9.68. The van der Waals surface area contributed by atoms with E-state index in [-0.39, 0.29) is 0 Å². The van der Waals surface area contributed by atoms with Crippen molar-refractivity contribution in [3.05, 3.63) is 0 Å². The molecule has 0 saturated heterocycles. The lowest BCUT2D eigenvalue weighted by molar-refractivity contribution is -0.874.